The standard InChI is InChI=1S/C13H16IN5O4/c1-13(2)22-7-5(3-20)21-11(8(7)23-13)19-4-16-6-9(15)17-12(14)18-10(6)19/h4-5,7-8,11,20H,3H2,1-2H3,(H2,15,17,18). The Morgan fingerprint density at radius 3 is 2.83 bits per heavy atom. The maximum atomic E-state index is 9.57. The van der Waals surface area contributed by atoms with Gasteiger partial charge in [0.05, 0.1) is 12.9 Å². The van der Waals surface area contributed by atoms with Gasteiger partial charge in [0.15, 0.2) is 27.3 Å². The van der Waals surface area contributed by atoms with Gasteiger partial charge in [-0.05, 0) is 13.8 Å². The van der Waals surface area contributed by atoms with Gasteiger partial charge in [0.25, 0.3) is 0 Å². The van der Waals surface area contributed by atoms with Gasteiger partial charge in [0.2, 0.25) is 0 Å². The summed E-state index contributed by atoms with van der Waals surface area (Å²) in [5.41, 5.74) is 6.98. The Morgan fingerprint density at radius 2 is 2.09 bits per heavy atom. The van der Waals surface area contributed by atoms with Crippen LogP contribution in [0, 0.1) is 3.83 Å². The summed E-state index contributed by atoms with van der Waals surface area (Å²) >= 11 is 2.00. The first-order valence-corrected chi connectivity index (χ1v) is 8.25. The van der Waals surface area contributed by atoms with Crippen LogP contribution in [0.1, 0.15) is 20.1 Å². The number of hydrogen-bond acceptors (Lipinski definition) is 8. The van der Waals surface area contributed by atoms with Gasteiger partial charge < -0.3 is 25.1 Å². The number of nitrogen functional groups attached to an aromatic ring is 1. The van der Waals surface area contributed by atoms with E-state index in [-0.39, 0.29) is 18.8 Å². The predicted octanol–water partition coefficient (Wildman–Crippen LogP) is 0.423. The number of fused-ring (bicyclic) bond motifs is 2. The van der Waals surface area contributed by atoms with E-state index in [2.05, 4.69) is 15.0 Å². The highest BCUT2D eigenvalue weighted by Gasteiger charge is 2.55. The molecule has 0 bridgehead atoms. The predicted molar refractivity (Wildman–Crippen MR) is 87.3 cm³/mol. The Hall–Kier alpha value is -1.08. The Labute approximate surface area is 145 Å². The molecule has 0 amide bonds. The topological polar surface area (TPSA) is 118 Å². The highest BCUT2D eigenvalue weighted by molar-refractivity contribution is 14.1. The third kappa shape index (κ3) is 2.39. The molecule has 0 spiro atoms. The minimum Gasteiger partial charge on any atom is -0.394 e. The fraction of sp³-hybridized carbons (Fsp3) is 0.615. The molecule has 0 saturated carbocycles. The average Bonchev–Trinajstić information content (AvgIpc) is 3.09. The first-order valence-electron chi connectivity index (χ1n) is 7.17. The van der Waals surface area contributed by atoms with Crippen LogP contribution < -0.4 is 5.73 Å². The molecule has 4 unspecified atom stereocenters. The van der Waals surface area contributed by atoms with Gasteiger partial charge in [-0.2, -0.15) is 0 Å². The van der Waals surface area contributed by atoms with E-state index in [9.17, 15) is 5.11 Å². The van der Waals surface area contributed by atoms with Gasteiger partial charge in [0.1, 0.15) is 23.8 Å². The van der Waals surface area contributed by atoms with Crippen molar-refractivity contribution in [1.29, 1.82) is 0 Å². The van der Waals surface area contributed by atoms with E-state index in [1.807, 2.05) is 36.4 Å². The van der Waals surface area contributed by atoms with Crippen LogP contribution in [0.25, 0.3) is 11.2 Å². The van der Waals surface area contributed by atoms with Gasteiger partial charge in [-0.15, -0.1) is 0 Å². The highest BCUT2D eigenvalue weighted by atomic mass is 127. The van der Waals surface area contributed by atoms with E-state index in [0.717, 1.165) is 0 Å². The van der Waals surface area contributed by atoms with Gasteiger partial charge >= 0.3 is 0 Å². The molecule has 2 aliphatic rings. The molecule has 2 aromatic rings. The van der Waals surface area contributed by atoms with Crippen LogP contribution in [0.4, 0.5) is 5.82 Å². The zero-order chi connectivity index (χ0) is 16.4. The van der Waals surface area contributed by atoms with Crippen molar-refractivity contribution in [2.45, 2.75) is 44.2 Å². The molecule has 0 aromatic carbocycles. The second kappa shape index (κ2) is 5.21. The van der Waals surface area contributed by atoms with Crippen molar-refractivity contribution < 1.29 is 19.3 Å². The second-order valence-electron chi connectivity index (χ2n) is 6.01. The number of nitrogens with two attached hydrogens (primary N) is 1. The smallest absolute Gasteiger partial charge is 0.194 e. The lowest BCUT2D eigenvalue weighted by Crippen LogP contribution is -2.31. The molecule has 2 saturated heterocycles. The quantitative estimate of drug-likeness (QED) is 0.517. The molecule has 0 radical (unpaired) electrons. The molecule has 0 aliphatic carbocycles. The lowest BCUT2D eigenvalue weighted by molar-refractivity contribution is -0.199. The molecule has 4 rings (SSSR count). The Morgan fingerprint density at radius 1 is 1.35 bits per heavy atom. The summed E-state index contributed by atoms with van der Waals surface area (Å²) in [6.45, 7) is 3.52. The SMILES string of the molecule is CC1(C)OC2C(CO)OC(n3cnc4c(N)nc(I)nc43)C2O1. The Kier molecular flexibility index (Phi) is 3.50. The molecule has 2 aromatic heterocycles. The number of aromatic nitrogens is 4. The van der Waals surface area contributed by atoms with Crippen molar-refractivity contribution >= 4 is 39.6 Å². The number of aliphatic hydroxyl groups excluding tert-OH is 1. The molecule has 9 nitrogen and oxygen atoms in total. The maximum absolute atomic E-state index is 9.57. The van der Waals surface area contributed by atoms with Crippen LogP contribution >= 0.6 is 22.6 Å². The molecule has 2 aliphatic heterocycles. The average molecular weight is 433 g/mol. The van der Waals surface area contributed by atoms with Crippen molar-refractivity contribution in [2.24, 2.45) is 0 Å². The zero-order valence-corrected chi connectivity index (χ0v) is 14.7. The highest BCUT2D eigenvalue weighted by Crippen LogP contribution is 2.43. The number of anilines is 1. The lowest BCUT2D eigenvalue weighted by Gasteiger charge is -2.24. The van der Waals surface area contributed by atoms with Crippen LogP contribution in [0.15, 0.2) is 6.33 Å². The molecule has 4 heterocycles. The van der Waals surface area contributed by atoms with Crippen LogP contribution in [-0.4, -0.2) is 55.3 Å². The number of aliphatic hydroxyl groups is 1. The van der Waals surface area contributed by atoms with Crippen molar-refractivity contribution in [3.8, 4) is 0 Å². The molecular formula is C13H16IN5O4. The summed E-state index contributed by atoms with van der Waals surface area (Å²) in [6, 6.07) is 0. The minimum atomic E-state index is -0.733. The lowest BCUT2D eigenvalue weighted by atomic mass is 10.1. The summed E-state index contributed by atoms with van der Waals surface area (Å²) < 4.78 is 20.0. The zero-order valence-electron chi connectivity index (χ0n) is 12.5. The van der Waals surface area contributed by atoms with E-state index in [4.69, 9.17) is 19.9 Å². The number of nitrogens with zero attached hydrogens (tertiary/aromatic N) is 4. The number of imidazole rings is 1. The molecular weight excluding hydrogens is 417 g/mol. The summed E-state index contributed by atoms with van der Waals surface area (Å²) in [4.78, 5) is 12.8. The maximum Gasteiger partial charge on any atom is 0.194 e. The summed E-state index contributed by atoms with van der Waals surface area (Å²) in [6.07, 6.45) is -0.0947. The Balaban J connectivity index is 1.79. The van der Waals surface area contributed by atoms with Crippen LogP contribution in [0.5, 0.6) is 0 Å². The fourth-order valence-corrected chi connectivity index (χ4v) is 3.62. The van der Waals surface area contributed by atoms with Gasteiger partial charge in [0, 0.05) is 22.6 Å². The number of hydrogen-bond donors (Lipinski definition) is 2. The molecule has 10 heteroatoms. The summed E-state index contributed by atoms with van der Waals surface area (Å²) in [5, 5.41) is 9.57. The van der Waals surface area contributed by atoms with E-state index < -0.39 is 18.1 Å². The largest absolute Gasteiger partial charge is 0.394 e. The van der Waals surface area contributed by atoms with Crippen molar-refractivity contribution in [2.75, 3.05) is 12.3 Å². The van der Waals surface area contributed by atoms with E-state index in [1.165, 1.54) is 0 Å². The van der Waals surface area contributed by atoms with Crippen molar-refractivity contribution in [1.82, 2.24) is 19.5 Å². The summed E-state index contributed by atoms with van der Waals surface area (Å²) in [5.74, 6) is -0.417. The van der Waals surface area contributed by atoms with E-state index >= 15 is 0 Å². The third-order valence-electron chi connectivity index (χ3n) is 4.00. The minimum absolute atomic E-state index is 0.154. The van der Waals surface area contributed by atoms with Gasteiger partial charge in [-0.25, -0.2) is 15.0 Å². The van der Waals surface area contributed by atoms with Gasteiger partial charge in [-0.1, -0.05) is 0 Å². The first-order chi connectivity index (χ1) is 10.9. The monoisotopic (exact) mass is 433 g/mol. The number of rotatable bonds is 2. The molecule has 124 valence electrons. The fourth-order valence-electron chi connectivity index (χ4n) is 3.13. The molecule has 4 atom stereocenters. The number of ether oxygens (including phenoxy) is 3. The van der Waals surface area contributed by atoms with Crippen LogP contribution in [0.3, 0.4) is 0 Å². The second-order valence-corrected chi connectivity index (χ2v) is 6.98. The van der Waals surface area contributed by atoms with Crippen LogP contribution in [0.2, 0.25) is 0 Å². The molecule has 3 N–H and O–H groups in total. The Bertz CT molecular complexity index is 766. The molecule has 23 heavy (non-hydrogen) atoms. The normalized spacial score (nSPS) is 32.5. The van der Waals surface area contributed by atoms with Crippen molar-refractivity contribution in [3.05, 3.63) is 10.2 Å². The van der Waals surface area contributed by atoms with E-state index in [1.54, 1.807) is 10.9 Å². The van der Waals surface area contributed by atoms with E-state index in [0.29, 0.717) is 20.8 Å². The number of halogens is 1. The molecule has 2 fully saturated rings. The van der Waals surface area contributed by atoms with Gasteiger partial charge in [-0.3, -0.25) is 4.57 Å². The van der Waals surface area contributed by atoms with Crippen LogP contribution in [-0.2, 0) is 14.2 Å². The van der Waals surface area contributed by atoms with Crippen molar-refractivity contribution in [3.63, 3.8) is 0 Å². The third-order valence-corrected chi connectivity index (χ3v) is 4.48. The first kappa shape index (κ1) is 15.4. The summed E-state index contributed by atoms with van der Waals surface area (Å²) in [7, 11) is 0.